The van der Waals surface area contributed by atoms with Crippen LogP contribution in [-0.2, 0) is 27.7 Å². The highest BCUT2D eigenvalue weighted by molar-refractivity contribution is 7.92. The van der Waals surface area contributed by atoms with Crippen molar-refractivity contribution in [2.45, 2.75) is 31.1 Å². The summed E-state index contributed by atoms with van der Waals surface area (Å²) >= 11 is 0. The molecule has 0 aliphatic rings. The van der Waals surface area contributed by atoms with E-state index >= 15 is 0 Å². The molecule has 0 radical (unpaired) electrons. The number of ether oxygens (including phenoxy) is 1. The number of sulfonamides is 1. The van der Waals surface area contributed by atoms with Crippen molar-refractivity contribution in [3.63, 3.8) is 0 Å². The molecule has 0 saturated heterocycles. The number of para-hydroxylation sites is 1. The SMILES string of the molecule is CCc1ccccc1N(CC(=O)NCCCc1cccc(OC)c1)S(=O)(=O)c1ccccc1. The van der Waals surface area contributed by atoms with Crippen LogP contribution in [0.4, 0.5) is 5.69 Å². The van der Waals surface area contributed by atoms with E-state index in [9.17, 15) is 13.2 Å². The Morgan fingerprint density at radius 1 is 0.970 bits per heavy atom. The maximum absolute atomic E-state index is 13.4. The first kappa shape index (κ1) is 24.3. The average Bonchev–Trinajstić information content (AvgIpc) is 2.85. The molecule has 0 heterocycles. The van der Waals surface area contributed by atoms with Crippen LogP contribution in [0.1, 0.15) is 24.5 Å². The maximum atomic E-state index is 13.4. The van der Waals surface area contributed by atoms with Gasteiger partial charge in [0.25, 0.3) is 10.0 Å². The van der Waals surface area contributed by atoms with Crippen molar-refractivity contribution in [3.05, 3.63) is 90.0 Å². The number of amides is 1. The minimum Gasteiger partial charge on any atom is -0.497 e. The summed E-state index contributed by atoms with van der Waals surface area (Å²) < 4.78 is 33.3. The van der Waals surface area contributed by atoms with Gasteiger partial charge in [0.15, 0.2) is 0 Å². The molecule has 0 atom stereocenters. The van der Waals surface area contributed by atoms with Crippen LogP contribution in [0.2, 0.25) is 0 Å². The molecular formula is C26H30N2O4S. The number of benzene rings is 3. The van der Waals surface area contributed by atoms with Crippen LogP contribution in [0, 0.1) is 0 Å². The van der Waals surface area contributed by atoms with Crippen molar-refractivity contribution < 1.29 is 17.9 Å². The Kier molecular flexibility index (Phi) is 8.49. The van der Waals surface area contributed by atoms with Crippen LogP contribution in [0.25, 0.3) is 0 Å². The van der Waals surface area contributed by atoms with Gasteiger partial charge in [-0.2, -0.15) is 0 Å². The van der Waals surface area contributed by atoms with Gasteiger partial charge in [0.2, 0.25) is 5.91 Å². The van der Waals surface area contributed by atoms with E-state index in [1.54, 1.807) is 49.6 Å². The summed E-state index contributed by atoms with van der Waals surface area (Å²) in [5.74, 6) is 0.457. The average molecular weight is 467 g/mol. The highest BCUT2D eigenvalue weighted by Gasteiger charge is 2.28. The lowest BCUT2D eigenvalue weighted by Crippen LogP contribution is -2.41. The van der Waals surface area contributed by atoms with Gasteiger partial charge < -0.3 is 10.1 Å². The molecule has 0 unspecified atom stereocenters. The van der Waals surface area contributed by atoms with E-state index in [1.165, 1.54) is 4.31 Å². The number of hydrogen-bond donors (Lipinski definition) is 1. The van der Waals surface area contributed by atoms with E-state index in [2.05, 4.69) is 5.32 Å². The molecule has 3 aromatic carbocycles. The molecule has 6 nitrogen and oxygen atoms in total. The molecule has 0 aliphatic heterocycles. The molecule has 0 spiro atoms. The summed E-state index contributed by atoms with van der Waals surface area (Å²) in [5, 5.41) is 2.87. The van der Waals surface area contributed by atoms with Crippen molar-refractivity contribution in [3.8, 4) is 5.75 Å². The zero-order valence-electron chi connectivity index (χ0n) is 19.0. The fourth-order valence-corrected chi connectivity index (χ4v) is 5.09. The Hall–Kier alpha value is -3.32. The van der Waals surface area contributed by atoms with Gasteiger partial charge in [0.1, 0.15) is 12.3 Å². The van der Waals surface area contributed by atoms with Crippen molar-refractivity contribution in [1.82, 2.24) is 5.32 Å². The summed E-state index contributed by atoms with van der Waals surface area (Å²) in [5.41, 5.74) is 2.51. The normalized spacial score (nSPS) is 11.1. The second kappa shape index (κ2) is 11.5. The lowest BCUT2D eigenvalue weighted by molar-refractivity contribution is -0.119. The quantitative estimate of drug-likeness (QED) is 0.430. The number of hydrogen-bond acceptors (Lipinski definition) is 4. The zero-order chi connectivity index (χ0) is 23.7. The lowest BCUT2D eigenvalue weighted by atomic mass is 10.1. The minimum atomic E-state index is -3.90. The van der Waals surface area contributed by atoms with Crippen LogP contribution in [-0.4, -0.2) is 34.5 Å². The number of nitrogens with one attached hydrogen (secondary N) is 1. The van der Waals surface area contributed by atoms with Crippen molar-refractivity contribution in [2.24, 2.45) is 0 Å². The van der Waals surface area contributed by atoms with Crippen molar-refractivity contribution >= 4 is 21.6 Å². The molecule has 1 amide bonds. The Bertz CT molecular complexity index is 1160. The topological polar surface area (TPSA) is 75.7 Å². The predicted octanol–water partition coefficient (Wildman–Crippen LogP) is 4.20. The maximum Gasteiger partial charge on any atom is 0.264 e. The first-order chi connectivity index (χ1) is 16.0. The summed E-state index contributed by atoms with van der Waals surface area (Å²) in [7, 11) is -2.27. The third-order valence-electron chi connectivity index (χ3n) is 5.36. The Labute approximate surface area is 196 Å². The van der Waals surface area contributed by atoms with Gasteiger partial charge in [-0.1, -0.05) is 55.5 Å². The molecule has 7 heteroatoms. The Balaban J connectivity index is 1.71. The number of rotatable bonds is 11. The largest absolute Gasteiger partial charge is 0.497 e. The number of carbonyl (C=O) groups excluding carboxylic acids is 1. The zero-order valence-corrected chi connectivity index (χ0v) is 19.8. The number of methoxy groups -OCH3 is 1. The highest BCUT2D eigenvalue weighted by atomic mass is 32.2. The molecule has 1 N–H and O–H groups in total. The molecule has 174 valence electrons. The molecule has 0 aromatic heterocycles. The van der Waals surface area contributed by atoms with E-state index < -0.39 is 10.0 Å². The fraction of sp³-hybridized carbons (Fsp3) is 0.269. The van der Waals surface area contributed by atoms with Gasteiger partial charge in [-0.15, -0.1) is 0 Å². The number of carbonyl (C=O) groups is 1. The van der Waals surface area contributed by atoms with E-state index in [-0.39, 0.29) is 17.3 Å². The molecule has 3 rings (SSSR count). The first-order valence-electron chi connectivity index (χ1n) is 11.0. The highest BCUT2D eigenvalue weighted by Crippen LogP contribution is 2.27. The standard InChI is InChI=1S/C26H30N2O4S/c1-3-22-13-7-8-17-25(22)28(33(30,31)24-15-5-4-6-16-24)20-26(29)27-18-10-12-21-11-9-14-23(19-21)32-2/h4-9,11,13-17,19H,3,10,12,18,20H2,1-2H3,(H,27,29). The van der Waals surface area contributed by atoms with E-state index in [0.717, 1.165) is 29.7 Å². The minimum absolute atomic E-state index is 0.154. The summed E-state index contributed by atoms with van der Waals surface area (Å²) in [6.07, 6.45) is 2.16. The molecule has 33 heavy (non-hydrogen) atoms. The van der Waals surface area contributed by atoms with Gasteiger partial charge >= 0.3 is 0 Å². The number of aryl methyl sites for hydroxylation is 2. The van der Waals surface area contributed by atoms with Crippen molar-refractivity contribution in [2.75, 3.05) is 24.5 Å². The smallest absolute Gasteiger partial charge is 0.264 e. The molecular weight excluding hydrogens is 436 g/mol. The third kappa shape index (κ3) is 6.35. The third-order valence-corrected chi connectivity index (χ3v) is 7.13. The van der Waals surface area contributed by atoms with E-state index in [0.29, 0.717) is 18.7 Å². The van der Waals surface area contributed by atoms with Gasteiger partial charge in [-0.05, 0) is 60.7 Å². The second-order valence-electron chi connectivity index (χ2n) is 7.61. The predicted molar refractivity (Wildman–Crippen MR) is 131 cm³/mol. The Morgan fingerprint density at radius 3 is 2.42 bits per heavy atom. The van der Waals surface area contributed by atoms with Crippen LogP contribution in [0.15, 0.2) is 83.8 Å². The number of nitrogens with zero attached hydrogens (tertiary/aromatic N) is 1. The molecule has 3 aromatic rings. The van der Waals surface area contributed by atoms with Crippen LogP contribution < -0.4 is 14.4 Å². The van der Waals surface area contributed by atoms with Crippen LogP contribution >= 0.6 is 0 Å². The fourth-order valence-electron chi connectivity index (χ4n) is 3.61. The second-order valence-corrected chi connectivity index (χ2v) is 9.47. The van der Waals surface area contributed by atoms with Crippen molar-refractivity contribution in [1.29, 1.82) is 0 Å². The van der Waals surface area contributed by atoms with Gasteiger partial charge in [-0.25, -0.2) is 8.42 Å². The van der Waals surface area contributed by atoms with Gasteiger partial charge in [0, 0.05) is 6.54 Å². The summed E-state index contributed by atoms with van der Waals surface area (Å²) in [4.78, 5) is 12.9. The molecule has 0 fully saturated rings. The molecule has 0 aliphatic carbocycles. The first-order valence-corrected chi connectivity index (χ1v) is 12.4. The van der Waals surface area contributed by atoms with Crippen LogP contribution in [0.3, 0.4) is 0 Å². The Morgan fingerprint density at radius 2 is 1.70 bits per heavy atom. The van der Waals surface area contributed by atoms with Gasteiger partial charge in [0.05, 0.1) is 17.7 Å². The van der Waals surface area contributed by atoms with E-state index in [4.69, 9.17) is 4.74 Å². The lowest BCUT2D eigenvalue weighted by Gasteiger charge is -2.26. The summed E-state index contributed by atoms with van der Waals surface area (Å²) in [6, 6.07) is 23.3. The number of anilines is 1. The van der Waals surface area contributed by atoms with Crippen LogP contribution in [0.5, 0.6) is 5.75 Å². The molecule has 0 bridgehead atoms. The van der Waals surface area contributed by atoms with E-state index in [1.807, 2.05) is 43.3 Å². The van der Waals surface area contributed by atoms with Gasteiger partial charge in [-0.3, -0.25) is 9.10 Å². The monoisotopic (exact) mass is 466 g/mol. The molecule has 0 saturated carbocycles. The summed E-state index contributed by atoms with van der Waals surface area (Å²) in [6.45, 7) is 2.13.